The lowest BCUT2D eigenvalue weighted by Gasteiger charge is -2.13. The second kappa shape index (κ2) is 6.79. The molecule has 0 spiro atoms. The Kier molecular flexibility index (Phi) is 5.01. The molecule has 23 heavy (non-hydrogen) atoms. The van der Waals surface area contributed by atoms with Gasteiger partial charge in [0.1, 0.15) is 5.75 Å². The quantitative estimate of drug-likeness (QED) is 0.580. The van der Waals surface area contributed by atoms with Crippen molar-refractivity contribution in [3.05, 3.63) is 58.1 Å². The lowest BCUT2D eigenvalue weighted by molar-refractivity contribution is 0.0977. The molecular formula is C18H20N2O2S. The van der Waals surface area contributed by atoms with Crippen molar-refractivity contribution in [2.75, 3.05) is 5.32 Å². The van der Waals surface area contributed by atoms with Gasteiger partial charge in [-0.2, -0.15) is 0 Å². The van der Waals surface area contributed by atoms with Gasteiger partial charge in [-0.1, -0.05) is 12.1 Å². The van der Waals surface area contributed by atoms with Crippen LogP contribution in [0.5, 0.6) is 5.75 Å². The SMILES string of the molecule is Cc1cc(C)c(O)c(NC(=S)NC(=O)c2ccc(C)c(C)c2)c1. The number of carbonyl (C=O) groups excluding carboxylic acids is 1. The zero-order valence-electron chi connectivity index (χ0n) is 13.7. The number of phenols is 1. The topological polar surface area (TPSA) is 61.4 Å². The molecule has 1 amide bonds. The van der Waals surface area contributed by atoms with Crippen LogP contribution < -0.4 is 10.6 Å². The van der Waals surface area contributed by atoms with Gasteiger partial charge in [0.2, 0.25) is 0 Å². The molecule has 2 rings (SSSR count). The molecule has 0 unspecified atom stereocenters. The monoisotopic (exact) mass is 328 g/mol. The smallest absolute Gasteiger partial charge is 0.257 e. The first-order valence-electron chi connectivity index (χ1n) is 7.27. The van der Waals surface area contributed by atoms with E-state index in [1.807, 2.05) is 45.9 Å². The highest BCUT2D eigenvalue weighted by molar-refractivity contribution is 7.80. The molecule has 0 atom stereocenters. The summed E-state index contributed by atoms with van der Waals surface area (Å²) in [7, 11) is 0. The first-order chi connectivity index (χ1) is 10.8. The number of thiocarbonyl (C=S) groups is 1. The fraction of sp³-hybridized carbons (Fsp3) is 0.222. The standard InChI is InChI=1S/C18H20N2O2S/c1-10-7-13(4)16(21)15(8-10)19-18(23)20-17(22)14-6-5-11(2)12(3)9-14/h5-9,21H,1-4H3,(H2,19,20,22,23). The normalized spacial score (nSPS) is 10.3. The van der Waals surface area contributed by atoms with E-state index in [2.05, 4.69) is 10.6 Å². The molecule has 120 valence electrons. The molecule has 0 aliphatic rings. The Balaban J connectivity index is 2.10. The number of hydrogen-bond donors (Lipinski definition) is 3. The molecular weight excluding hydrogens is 308 g/mol. The molecule has 0 aliphatic carbocycles. The molecule has 0 aromatic heterocycles. The third-order valence-electron chi connectivity index (χ3n) is 3.69. The molecule has 0 radical (unpaired) electrons. The molecule has 2 aromatic rings. The van der Waals surface area contributed by atoms with Gasteiger partial charge in [0.15, 0.2) is 5.11 Å². The highest BCUT2D eigenvalue weighted by Gasteiger charge is 2.11. The Morgan fingerprint density at radius 3 is 2.35 bits per heavy atom. The highest BCUT2D eigenvalue weighted by atomic mass is 32.1. The van der Waals surface area contributed by atoms with E-state index in [1.54, 1.807) is 12.1 Å². The van der Waals surface area contributed by atoms with Crippen LogP contribution in [0.2, 0.25) is 0 Å². The maximum atomic E-state index is 12.2. The van der Waals surface area contributed by atoms with Crippen molar-refractivity contribution in [2.45, 2.75) is 27.7 Å². The average molecular weight is 328 g/mol. The van der Waals surface area contributed by atoms with Gasteiger partial charge in [-0.3, -0.25) is 10.1 Å². The summed E-state index contributed by atoms with van der Waals surface area (Å²) in [5, 5.41) is 15.7. The summed E-state index contributed by atoms with van der Waals surface area (Å²) < 4.78 is 0. The summed E-state index contributed by atoms with van der Waals surface area (Å²) in [6, 6.07) is 9.13. The van der Waals surface area contributed by atoms with Crippen LogP contribution in [-0.4, -0.2) is 16.1 Å². The van der Waals surface area contributed by atoms with E-state index in [0.717, 1.165) is 22.3 Å². The number of hydrogen-bond acceptors (Lipinski definition) is 3. The van der Waals surface area contributed by atoms with Crippen molar-refractivity contribution in [1.82, 2.24) is 5.32 Å². The maximum Gasteiger partial charge on any atom is 0.257 e. The third kappa shape index (κ3) is 4.07. The summed E-state index contributed by atoms with van der Waals surface area (Å²) in [6.45, 7) is 7.68. The minimum Gasteiger partial charge on any atom is -0.505 e. The van der Waals surface area contributed by atoms with Crippen molar-refractivity contribution in [3.8, 4) is 5.75 Å². The van der Waals surface area contributed by atoms with E-state index in [0.29, 0.717) is 11.3 Å². The largest absolute Gasteiger partial charge is 0.505 e. The van der Waals surface area contributed by atoms with Gasteiger partial charge in [0.05, 0.1) is 5.69 Å². The van der Waals surface area contributed by atoms with Gasteiger partial charge < -0.3 is 10.4 Å². The lowest BCUT2D eigenvalue weighted by Crippen LogP contribution is -2.34. The van der Waals surface area contributed by atoms with Gasteiger partial charge in [0, 0.05) is 5.56 Å². The molecule has 3 N–H and O–H groups in total. The number of anilines is 1. The van der Waals surface area contributed by atoms with E-state index in [4.69, 9.17) is 12.2 Å². The molecule has 5 heteroatoms. The van der Waals surface area contributed by atoms with Crippen LogP contribution in [0.4, 0.5) is 5.69 Å². The minimum absolute atomic E-state index is 0.123. The van der Waals surface area contributed by atoms with Gasteiger partial charge in [-0.05, 0) is 80.4 Å². The summed E-state index contributed by atoms with van der Waals surface area (Å²) in [5.41, 5.74) is 4.93. The van der Waals surface area contributed by atoms with Crippen molar-refractivity contribution >= 4 is 28.9 Å². The maximum absolute atomic E-state index is 12.2. The summed E-state index contributed by atoms with van der Waals surface area (Å²) in [4.78, 5) is 12.2. The molecule has 0 aliphatic heterocycles. The molecule has 0 heterocycles. The Morgan fingerprint density at radius 1 is 1.00 bits per heavy atom. The summed E-state index contributed by atoms with van der Waals surface area (Å²) >= 11 is 5.16. The fourth-order valence-corrected chi connectivity index (χ4v) is 2.47. The second-order valence-corrected chi connectivity index (χ2v) is 6.09. The Hall–Kier alpha value is -2.40. The van der Waals surface area contributed by atoms with E-state index < -0.39 is 0 Å². The number of carbonyl (C=O) groups is 1. The zero-order valence-corrected chi connectivity index (χ0v) is 14.5. The van der Waals surface area contributed by atoms with Gasteiger partial charge in [-0.15, -0.1) is 0 Å². The number of aromatic hydroxyl groups is 1. The van der Waals surface area contributed by atoms with Crippen LogP contribution in [0.3, 0.4) is 0 Å². The number of phenolic OH excluding ortho intramolecular Hbond substituents is 1. The van der Waals surface area contributed by atoms with Crippen LogP contribution in [0.15, 0.2) is 30.3 Å². The van der Waals surface area contributed by atoms with Crippen LogP contribution in [0.1, 0.15) is 32.6 Å². The summed E-state index contributed by atoms with van der Waals surface area (Å²) in [5.74, 6) is -0.159. The van der Waals surface area contributed by atoms with Gasteiger partial charge in [-0.25, -0.2) is 0 Å². The Morgan fingerprint density at radius 2 is 1.70 bits per heavy atom. The van der Waals surface area contributed by atoms with Crippen molar-refractivity contribution < 1.29 is 9.90 Å². The van der Waals surface area contributed by atoms with Crippen LogP contribution in [-0.2, 0) is 0 Å². The van der Waals surface area contributed by atoms with Gasteiger partial charge in [0.25, 0.3) is 5.91 Å². The van der Waals surface area contributed by atoms with E-state index in [1.165, 1.54) is 0 Å². The number of aryl methyl sites for hydroxylation is 4. The molecule has 2 aromatic carbocycles. The number of rotatable bonds is 2. The predicted octanol–water partition coefficient (Wildman–Crippen LogP) is 3.75. The minimum atomic E-state index is -0.283. The van der Waals surface area contributed by atoms with E-state index in [-0.39, 0.29) is 16.8 Å². The molecule has 0 bridgehead atoms. The molecule has 4 nitrogen and oxygen atoms in total. The van der Waals surface area contributed by atoms with E-state index >= 15 is 0 Å². The van der Waals surface area contributed by atoms with Crippen molar-refractivity contribution in [3.63, 3.8) is 0 Å². The first kappa shape index (κ1) is 17.0. The van der Waals surface area contributed by atoms with Crippen LogP contribution in [0.25, 0.3) is 0 Å². The van der Waals surface area contributed by atoms with E-state index in [9.17, 15) is 9.90 Å². The second-order valence-electron chi connectivity index (χ2n) is 5.69. The Bertz CT molecular complexity index is 785. The van der Waals surface area contributed by atoms with Crippen LogP contribution >= 0.6 is 12.2 Å². The lowest BCUT2D eigenvalue weighted by atomic mass is 10.1. The number of benzene rings is 2. The number of nitrogens with one attached hydrogen (secondary N) is 2. The van der Waals surface area contributed by atoms with Crippen molar-refractivity contribution in [1.29, 1.82) is 0 Å². The Labute approximate surface area is 141 Å². The fourth-order valence-electron chi connectivity index (χ4n) is 2.27. The van der Waals surface area contributed by atoms with Gasteiger partial charge >= 0.3 is 0 Å². The zero-order chi connectivity index (χ0) is 17.1. The molecule has 0 fully saturated rings. The molecule has 0 saturated heterocycles. The number of amides is 1. The summed E-state index contributed by atoms with van der Waals surface area (Å²) in [6.07, 6.45) is 0. The first-order valence-corrected chi connectivity index (χ1v) is 7.68. The third-order valence-corrected chi connectivity index (χ3v) is 3.89. The predicted molar refractivity (Wildman–Crippen MR) is 97.2 cm³/mol. The molecule has 0 saturated carbocycles. The average Bonchev–Trinajstić information content (AvgIpc) is 2.46. The highest BCUT2D eigenvalue weighted by Crippen LogP contribution is 2.28. The van der Waals surface area contributed by atoms with Crippen molar-refractivity contribution in [2.24, 2.45) is 0 Å². The van der Waals surface area contributed by atoms with Crippen LogP contribution in [0, 0.1) is 27.7 Å².